The molecule has 1 aromatic heterocycles. The van der Waals surface area contributed by atoms with Crippen molar-refractivity contribution in [1.29, 1.82) is 0 Å². The number of rotatable bonds is 8. The number of hydrogen-bond acceptors (Lipinski definition) is 6. The summed E-state index contributed by atoms with van der Waals surface area (Å²) in [7, 11) is 3.26. The standard InChI is InChI=1S/C18H26N4O2/c1-23-15-8-7-14-16(17(15)24-2)20-13-21-18(14)19-9-3-4-10-22-11-5-6-12-22/h7-8,13H,3-6,9-12H2,1-2H3,(H,19,20,21). The van der Waals surface area contributed by atoms with E-state index in [1.54, 1.807) is 20.5 Å². The van der Waals surface area contributed by atoms with E-state index >= 15 is 0 Å². The van der Waals surface area contributed by atoms with Crippen LogP contribution in [0.5, 0.6) is 11.5 Å². The molecule has 1 saturated heterocycles. The van der Waals surface area contributed by atoms with Gasteiger partial charge in [0.2, 0.25) is 0 Å². The lowest BCUT2D eigenvalue weighted by molar-refractivity contribution is 0.331. The Hall–Kier alpha value is -2.08. The molecule has 2 heterocycles. The highest BCUT2D eigenvalue weighted by Gasteiger charge is 2.13. The Labute approximate surface area is 143 Å². The van der Waals surface area contributed by atoms with E-state index in [1.807, 2.05) is 12.1 Å². The normalized spacial score (nSPS) is 14.9. The van der Waals surface area contributed by atoms with Gasteiger partial charge in [0.25, 0.3) is 0 Å². The zero-order chi connectivity index (χ0) is 16.8. The molecule has 0 saturated carbocycles. The number of ether oxygens (including phenoxy) is 2. The van der Waals surface area contributed by atoms with Crippen LogP contribution in [0.15, 0.2) is 18.5 Å². The van der Waals surface area contributed by atoms with E-state index in [9.17, 15) is 0 Å². The number of aromatic nitrogens is 2. The third-order valence-electron chi connectivity index (χ3n) is 4.54. The summed E-state index contributed by atoms with van der Waals surface area (Å²) in [5.74, 6) is 2.18. The number of anilines is 1. The van der Waals surface area contributed by atoms with Gasteiger partial charge in [-0.2, -0.15) is 0 Å². The van der Waals surface area contributed by atoms with Gasteiger partial charge in [-0.15, -0.1) is 0 Å². The first-order valence-electron chi connectivity index (χ1n) is 8.65. The molecule has 2 aromatic rings. The van der Waals surface area contributed by atoms with Crippen LogP contribution < -0.4 is 14.8 Å². The smallest absolute Gasteiger partial charge is 0.187 e. The van der Waals surface area contributed by atoms with E-state index in [-0.39, 0.29) is 0 Å². The first kappa shape index (κ1) is 16.8. The van der Waals surface area contributed by atoms with Crippen LogP contribution >= 0.6 is 0 Å². The molecular formula is C18H26N4O2. The maximum Gasteiger partial charge on any atom is 0.187 e. The van der Waals surface area contributed by atoms with Crippen molar-refractivity contribution in [3.63, 3.8) is 0 Å². The molecule has 0 bridgehead atoms. The van der Waals surface area contributed by atoms with Crippen molar-refractivity contribution in [1.82, 2.24) is 14.9 Å². The first-order valence-corrected chi connectivity index (χ1v) is 8.65. The molecule has 1 fully saturated rings. The molecule has 6 nitrogen and oxygen atoms in total. The molecule has 1 aliphatic rings. The van der Waals surface area contributed by atoms with E-state index in [0.717, 1.165) is 29.7 Å². The minimum atomic E-state index is 0.648. The van der Waals surface area contributed by atoms with Gasteiger partial charge in [-0.3, -0.25) is 0 Å². The number of hydrogen-bond donors (Lipinski definition) is 1. The molecule has 0 radical (unpaired) electrons. The summed E-state index contributed by atoms with van der Waals surface area (Å²) in [6, 6.07) is 3.87. The average Bonchev–Trinajstić information content (AvgIpc) is 3.13. The second-order valence-electron chi connectivity index (χ2n) is 6.10. The summed E-state index contributed by atoms with van der Waals surface area (Å²) in [5.41, 5.74) is 0.770. The zero-order valence-corrected chi connectivity index (χ0v) is 14.5. The summed E-state index contributed by atoms with van der Waals surface area (Å²) in [4.78, 5) is 11.3. The molecule has 0 aliphatic carbocycles. The molecule has 0 spiro atoms. The third-order valence-corrected chi connectivity index (χ3v) is 4.54. The van der Waals surface area contributed by atoms with Gasteiger partial charge >= 0.3 is 0 Å². The van der Waals surface area contributed by atoms with Crippen molar-refractivity contribution < 1.29 is 9.47 Å². The van der Waals surface area contributed by atoms with Gasteiger partial charge in [0.05, 0.1) is 14.2 Å². The fourth-order valence-electron chi connectivity index (χ4n) is 3.26. The van der Waals surface area contributed by atoms with Crippen LogP contribution in [0.25, 0.3) is 10.9 Å². The van der Waals surface area contributed by atoms with E-state index < -0.39 is 0 Å². The van der Waals surface area contributed by atoms with Gasteiger partial charge in [-0.05, 0) is 57.5 Å². The number of benzene rings is 1. The van der Waals surface area contributed by atoms with E-state index in [2.05, 4.69) is 20.2 Å². The topological polar surface area (TPSA) is 59.5 Å². The van der Waals surface area contributed by atoms with Crippen LogP contribution in [-0.4, -0.2) is 55.3 Å². The Morgan fingerprint density at radius 2 is 1.92 bits per heavy atom. The summed E-state index contributed by atoms with van der Waals surface area (Å²) in [6.07, 6.45) is 6.63. The SMILES string of the molecule is COc1ccc2c(NCCCCN3CCCC3)ncnc2c1OC. The number of unbranched alkanes of at least 4 members (excludes halogenated alkanes) is 1. The van der Waals surface area contributed by atoms with Crippen molar-refractivity contribution in [3.05, 3.63) is 18.5 Å². The molecule has 3 rings (SSSR count). The molecule has 24 heavy (non-hydrogen) atoms. The van der Waals surface area contributed by atoms with Crippen molar-refractivity contribution in [2.24, 2.45) is 0 Å². The highest BCUT2D eigenvalue weighted by molar-refractivity contribution is 5.94. The summed E-state index contributed by atoms with van der Waals surface area (Å²) >= 11 is 0. The molecule has 6 heteroatoms. The van der Waals surface area contributed by atoms with Gasteiger partial charge in [0.1, 0.15) is 17.7 Å². The predicted molar refractivity (Wildman–Crippen MR) is 96.0 cm³/mol. The third kappa shape index (κ3) is 3.70. The minimum absolute atomic E-state index is 0.648. The number of fused-ring (bicyclic) bond motifs is 1. The lowest BCUT2D eigenvalue weighted by Gasteiger charge is -2.15. The quantitative estimate of drug-likeness (QED) is 0.751. The van der Waals surface area contributed by atoms with E-state index in [1.165, 1.54) is 38.9 Å². The zero-order valence-electron chi connectivity index (χ0n) is 14.5. The van der Waals surface area contributed by atoms with Gasteiger partial charge in [-0.25, -0.2) is 9.97 Å². The molecule has 1 aliphatic heterocycles. The Balaban J connectivity index is 1.62. The first-order chi connectivity index (χ1) is 11.8. The van der Waals surface area contributed by atoms with Gasteiger partial charge in [0, 0.05) is 11.9 Å². The molecular weight excluding hydrogens is 304 g/mol. The van der Waals surface area contributed by atoms with Gasteiger partial charge in [-0.1, -0.05) is 0 Å². The molecule has 1 N–H and O–H groups in total. The summed E-state index contributed by atoms with van der Waals surface area (Å²) in [5, 5.41) is 4.39. The van der Waals surface area contributed by atoms with Gasteiger partial charge < -0.3 is 19.7 Å². The second-order valence-corrected chi connectivity index (χ2v) is 6.10. The Kier molecular flexibility index (Phi) is 5.69. The predicted octanol–water partition coefficient (Wildman–Crippen LogP) is 2.93. The molecule has 0 atom stereocenters. The highest BCUT2D eigenvalue weighted by atomic mass is 16.5. The maximum absolute atomic E-state index is 5.46. The molecule has 0 amide bonds. The maximum atomic E-state index is 5.46. The monoisotopic (exact) mass is 330 g/mol. The van der Waals surface area contributed by atoms with Crippen molar-refractivity contribution in [2.45, 2.75) is 25.7 Å². The van der Waals surface area contributed by atoms with E-state index in [0.29, 0.717) is 11.5 Å². The largest absolute Gasteiger partial charge is 0.493 e. The minimum Gasteiger partial charge on any atom is -0.493 e. The van der Waals surface area contributed by atoms with Crippen LogP contribution in [0.2, 0.25) is 0 Å². The number of nitrogens with one attached hydrogen (secondary N) is 1. The Morgan fingerprint density at radius 3 is 2.67 bits per heavy atom. The lowest BCUT2D eigenvalue weighted by Crippen LogP contribution is -2.20. The fraction of sp³-hybridized carbons (Fsp3) is 0.556. The van der Waals surface area contributed by atoms with Crippen molar-refractivity contribution in [3.8, 4) is 11.5 Å². The highest BCUT2D eigenvalue weighted by Crippen LogP contribution is 2.35. The van der Waals surface area contributed by atoms with Crippen LogP contribution in [0.4, 0.5) is 5.82 Å². The van der Waals surface area contributed by atoms with Crippen LogP contribution in [0.1, 0.15) is 25.7 Å². The number of nitrogens with zero attached hydrogens (tertiary/aromatic N) is 3. The molecule has 130 valence electrons. The van der Waals surface area contributed by atoms with Crippen LogP contribution in [0, 0.1) is 0 Å². The Bertz CT molecular complexity index is 671. The fourth-order valence-corrected chi connectivity index (χ4v) is 3.26. The second kappa shape index (κ2) is 8.15. The van der Waals surface area contributed by atoms with Crippen LogP contribution in [0.3, 0.4) is 0 Å². The molecule has 0 unspecified atom stereocenters. The molecule has 1 aromatic carbocycles. The number of methoxy groups -OCH3 is 2. The number of likely N-dealkylation sites (tertiary alicyclic amines) is 1. The lowest BCUT2D eigenvalue weighted by atomic mass is 10.2. The van der Waals surface area contributed by atoms with Crippen molar-refractivity contribution >= 4 is 16.7 Å². The van der Waals surface area contributed by atoms with E-state index in [4.69, 9.17) is 9.47 Å². The summed E-state index contributed by atoms with van der Waals surface area (Å²) < 4.78 is 10.8. The van der Waals surface area contributed by atoms with Crippen LogP contribution in [-0.2, 0) is 0 Å². The summed E-state index contributed by atoms with van der Waals surface area (Å²) in [6.45, 7) is 4.66. The van der Waals surface area contributed by atoms with Gasteiger partial charge in [0.15, 0.2) is 11.5 Å². The average molecular weight is 330 g/mol. The van der Waals surface area contributed by atoms with Crippen molar-refractivity contribution in [2.75, 3.05) is 45.7 Å². The Morgan fingerprint density at radius 1 is 1.08 bits per heavy atom.